The predicted octanol–water partition coefficient (Wildman–Crippen LogP) is 2.80. The van der Waals surface area contributed by atoms with Gasteiger partial charge in [0, 0.05) is 11.6 Å². The normalized spacial score (nSPS) is 27.3. The molecule has 2 fully saturated rings. The molecule has 0 unspecified atom stereocenters. The summed E-state index contributed by atoms with van der Waals surface area (Å²) in [5.74, 6) is -2.62. The van der Waals surface area contributed by atoms with E-state index in [0.717, 1.165) is 0 Å². The summed E-state index contributed by atoms with van der Waals surface area (Å²) in [4.78, 5) is 24.6. The number of carboxylic acids is 1. The van der Waals surface area contributed by atoms with Crippen molar-refractivity contribution in [3.63, 3.8) is 0 Å². The fourth-order valence-electron chi connectivity index (χ4n) is 4.03. The second-order valence-corrected chi connectivity index (χ2v) is 6.63. The van der Waals surface area contributed by atoms with E-state index in [1.807, 2.05) is 0 Å². The molecule has 0 saturated carbocycles. The standard InChI is InChI=1S/C18H17F2NO5/c19-14(20)8-25-10-1-2-11-9(7-10)5-6-21(11)17(22)15-12-3-4-13(26-12)16(15)18(23)24/h1-2,5-7,12-16H,3-4,8H2,(H,23,24)/t12-,13+,15-,16+/m1/s1. The van der Waals surface area contributed by atoms with Crippen molar-refractivity contribution in [2.75, 3.05) is 6.61 Å². The SMILES string of the molecule is O=C(O)[C@@H]1[C@H](C(=O)n2ccc3cc(OCC(F)F)ccc32)[C@H]2CC[C@@H]1O2. The number of halogens is 2. The van der Waals surface area contributed by atoms with E-state index in [-0.39, 0.29) is 17.8 Å². The van der Waals surface area contributed by atoms with E-state index >= 15 is 0 Å². The highest BCUT2D eigenvalue weighted by Gasteiger charge is 2.55. The van der Waals surface area contributed by atoms with Crippen molar-refractivity contribution in [1.29, 1.82) is 0 Å². The number of benzene rings is 1. The van der Waals surface area contributed by atoms with Crippen molar-refractivity contribution in [3.05, 3.63) is 30.5 Å². The minimum Gasteiger partial charge on any atom is -0.488 e. The molecule has 4 rings (SSSR count). The van der Waals surface area contributed by atoms with Crippen molar-refractivity contribution in [1.82, 2.24) is 4.57 Å². The molecule has 2 aliphatic rings. The van der Waals surface area contributed by atoms with Crippen LogP contribution in [0.3, 0.4) is 0 Å². The lowest BCUT2D eigenvalue weighted by Crippen LogP contribution is -2.40. The number of hydrogen-bond acceptors (Lipinski definition) is 4. The number of fused-ring (bicyclic) bond motifs is 3. The summed E-state index contributed by atoms with van der Waals surface area (Å²) in [5, 5.41) is 10.1. The van der Waals surface area contributed by atoms with Crippen molar-refractivity contribution < 1.29 is 33.0 Å². The predicted molar refractivity (Wildman–Crippen MR) is 86.6 cm³/mol. The molecule has 0 radical (unpaired) electrons. The number of aliphatic carboxylic acids is 1. The molecule has 26 heavy (non-hydrogen) atoms. The average Bonchev–Trinajstić information content (AvgIpc) is 3.32. The average molecular weight is 365 g/mol. The van der Waals surface area contributed by atoms with E-state index in [0.29, 0.717) is 23.7 Å². The van der Waals surface area contributed by atoms with E-state index in [2.05, 4.69) is 0 Å². The van der Waals surface area contributed by atoms with Crippen LogP contribution < -0.4 is 4.74 Å². The zero-order valence-corrected chi connectivity index (χ0v) is 13.7. The number of ether oxygens (including phenoxy) is 2. The van der Waals surface area contributed by atoms with E-state index in [1.54, 1.807) is 24.4 Å². The number of aromatic nitrogens is 1. The largest absolute Gasteiger partial charge is 0.488 e. The van der Waals surface area contributed by atoms with Crippen molar-refractivity contribution in [3.8, 4) is 5.75 Å². The maximum Gasteiger partial charge on any atom is 0.310 e. The lowest BCUT2D eigenvalue weighted by molar-refractivity contribution is -0.144. The van der Waals surface area contributed by atoms with E-state index in [1.165, 1.54) is 10.6 Å². The first kappa shape index (κ1) is 17.0. The Labute approximate surface area is 147 Å². The Bertz CT molecular complexity index is 864. The van der Waals surface area contributed by atoms with Crippen LogP contribution in [0.15, 0.2) is 30.5 Å². The molecular weight excluding hydrogens is 348 g/mol. The molecule has 4 atom stereocenters. The summed E-state index contributed by atoms with van der Waals surface area (Å²) >= 11 is 0. The number of carboxylic acid groups (broad SMARTS) is 1. The molecule has 2 aliphatic heterocycles. The van der Waals surface area contributed by atoms with E-state index in [4.69, 9.17) is 9.47 Å². The van der Waals surface area contributed by atoms with Crippen LogP contribution in [0.2, 0.25) is 0 Å². The van der Waals surface area contributed by atoms with Gasteiger partial charge in [0.15, 0.2) is 0 Å². The first-order valence-electron chi connectivity index (χ1n) is 8.40. The maximum atomic E-state index is 13.0. The van der Waals surface area contributed by atoms with Gasteiger partial charge in [-0.25, -0.2) is 8.78 Å². The van der Waals surface area contributed by atoms with Gasteiger partial charge in [-0.2, -0.15) is 0 Å². The van der Waals surface area contributed by atoms with E-state index < -0.39 is 36.9 Å². The van der Waals surface area contributed by atoms with Gasteiger partial charge >= 0.3 is 5.97 Å². The van der Waals surface area contributed by atoms with Gasteiger partial charge in [0.05, 0.1) is 29.6 Å². The van der Waals surface area contributed by atoms with Gasteiger partial charge in [-0.15, -0.1) is 0 Å². The number of alkyl halides is 2. The van der Waals surface area contributed by atoms with Gasteiger partial charge in [-0.1, -0.05) is 0 Å². The summed E-state index contributed by atoms with van der Waals surface area (Å²) in [5.41, 5.74) is 0.575. The van der Waals surface area contributed by atoms with Crippen LogP contribution in [-0.4, -0.2) is 46.8 Å². The molecule has 1 aromatic heterocycles. The first-order chi connectivity index (χ1) is 12.5. The molecule has 138 valence electrons. The topological polar surface area (TPSA) is 77.8 Å². The molecule has 2 bridgehead atoms. The third kappa shape index (κ3) is 2.74. The van der Waals surface area contributed by atoms with Crippen molar-refractivity contribution in [2.24, 2.45) is 11.8 Å². The smallest absolute Gasteiger partial charge is 0.310 e. The first-order valence-corrected chi connectivity index (χ1v) is 8.40. The molecule has 2 saturated heterocycles. The molecule has 6 nitrogen and oxygen atoms in total. The molecule has 1 N–H and O–H groups in total. The molecule has 2 aromatic rings. The number of carbonyl (C=O) groups is 2. The third-order valence-corrected chi connectivity index (χ3v) is 5.12. The Morgan fingerprint density at radius 2 is 1.96 bits per heavy atom. The van der Waals surface area contributed by atoms with Gasteiger partial charge in [-0.05, 0) is 37.1 Å². The zero-order chi connectivity index (χ0) is 18.4. The summed E-state index contributed by atoms with van der Waals surface area (Å²) in [6.07, 6.45) is -0.461. The third-order valence-electron chi connectivity index (χ3n) is 5.12. The number of hydrogen-bond donors (Lipinski definition) is 1. The molecule has 0 aliphatic carbocycles. The maximum absolute atomic E-state index is 13.0. The molecule has 0 amide bonds. The number of rotatable bonds is 5. The molecule has 8 heteroatoms. The summed E-state index contributed by atoms with van der Waals surface area (Å²) in [6.45, 7) is -0.700. The van der Waals surface area contributed by atoms with E-state index in [9.17, 15) is 23.5 Å². The minimum atomic E-state index is -2.57. The Hall–Kier alpha value is -2.48. The van der Waals surface area contributed by atoms with Crippen LogP contribution in [0.4, 0.5) is 8.78 Å². The molecule has 3 heterocycles. The zero-order valence-electron chi connectivity index (χ0n) is 13.7. The Balaban J connectivity index is 1.62. The Morgan fingerprint density at radius 1 is 1.23 bits per heavy atom. The van der Waals surface area contributed by atoms with Crippen LogP contribution in [0.25, 0.3) is 10.9 Å². The quantitative estimate of drug-likeness (QED) is 0.882. The second-order valence-electron chi connectivity index (χ2n) is 6.63. The van der Waals surface area contributed by atoms with Crippen LogP contribution >= 0.6 is 0 Å². The molecule has 1 aromatic carbocycles. The summed E-state index contributed by atoms with van der Waals surface area (Å²) < 4.78 is 36.6. The highest BCUT2D eigenvalue weighted by molar-refractivity contribution is 5.96. The van der Waals surface area contributed by atoms with Crippen LogP contribution in [0.5, 0.6) is 5.75 Å². The van der Waals surface area contributed by atoms with Crippen LogP contribution in [-0.2, 0) is 9.53 Å². The van der Waals surface area contributed by atoms with Gasteiger partial charge in [0.2, 0.25) is 5.91 Å². The molecule has 0 spiro atoms. The van der Waals surface area contributed by atoms with Crippen molar-refractivity contribution in [2.45, 2.75) is 31.5 Å². The van der Waals surface area contributed by atoms with Gasteiger partial charge < -0.3 is 14.6 Å². The lowest BCUT2D eigenvalue weighted by atomic mass is 9.78. The molecular formula is C18H17F2NO5. The number of nitrogens with zero attached hydrogens (tertiary/aromatic N) is 1. The Morgan fingerprint density at radius 3 is 2.65 bits per heavy atom. The fraction of sp³-hybridized carbons (Fsp3) is 0.444. The second kappa shape index (κ2) is 6.35. The number of carbonyl (C=O) groups excluding carboxylic acids is 1. The summed E-state index contributed by atoms with van der Waals surface area (Å²) in [7, 11) is 0. The van der Waals surface area contributed by atoms with Crippen molar-refractivity contribution >= 4 is 22.8 Å². The van der Waals surface area contributed by atoms with Gasteiger partial charge in [-0.3, -0.25) is 14.2 Å². The van der Waals surface area contributed by atoms with Gasteiger partial charge in [0.1, 0.15) is 12.4 Å². The highest BCUT2D eigenvalue weighted by atomic mass is 19.3. The monoisotopic (exact) mass is 365 g/mol. The lowest BCUT2D eigenvalue weighted by Gasteiger charge is -2.24. The highest BCUT2D eigenvalue weighted by Crippen LogP contribution is 2.44. The Kier molecular flexibility index (Phi) is 4.14. The summed E-state index contributed by atoms with van der Waals surface area (Å²) in [6, 6.07) is 6.37. The fourth-order valence-corrected chi connectivity index (χ4v) is 4.03. The van der Waals surface area contributed by atoms with Crippen LogP contribution in [0, 0.1) is 11.8 Å². The van der Waals surface area contributed by atoms with Crippen LogP contribution in [0.1, 0.15) is 17.6 Å². The van der Waals surface area contributed by atoms with Gasteiger partial charge in [0.25, 0.3) is 6.43 Å². The minimum absolute atomic E-state index is 0.287.